The molecule has 1 aliphatic rings. The minimum atomic E-state index is -3.51. The number of thiocarbonyl (C=S) groups is 1. The second kappa shape index (κ2) is 15.8. The molecule has 1 aliphatic heterocycles. The van der Waals surface area contributed by atoms with E-state index in [1.807, 2.05) is 41.8 Å². The van der Waals surface area contributed by atoms with Gasteiger partial charge in [0, 0.05) is 63.3 Å². The SMILES string of the molecule is CCN(CC)c1ccc(N(CC)CC)c(N2CCN(C(=S)Nc3nc(-c4ccc(NS(C)(=O)=O)c(Oc5ccccc5)c4)cs3)CC2)n1. The lowest BCUT2D eigenvalue weighted by Crippen LogP contribution is -2.50. The van der Waals surface area contributed by atoms with Gasteiger partial charge in [-0.2, -0.15) is 0 Å². The number of sulfonamides is 1. The number of hydrogen-bond donors (Lipinski definition) is 2. The maximum Gasteiger partial charge on any atom is 0.229 e. The molecule has 0 spiro atoms. The Labute approximate surface area is 293 Å². The van der Waals surface area contributed by atoms with Crippen LogP contribution in [0.15, 0.2) is 66.0 Å². The maximum atomic E-state index is 12.0. The molecule has 3 heterocycles. The summed E-state index contributed by atoms with van der Waals surface area (Å²) in [5.41, 5.74) is 3.02. The topological polar surface area (TPSA) is 106 Å². The first-order chi connectivity index (χ1) is 23.1. The van der Waals surface area contributed by atoms with Gasteiger partial charge < -0.3 is 29.7 Å². The van der Waals surface area contributed by atoms with Gasteiger partial charge in [0.15, 0.2) is 21.8 Å². The highest BCUT2D eigenvalue weighted by Crippen LogP contribution is 2.36. The molecule has 0 amide bonds. The van der Waals surface area contributed by atoms with Crippen LogP contribution in [-0.4, -0.2) is 87.0 Å². The third kappa shape index (κ3) is 8.65. The van der Waals surface area contributed by atoms with E-state index in [-0.39, 0.29) is 0 Å². The number of nitrogens with one attached hydrogen (secondary N) is 2. The van der Waals surface area contributed by atoms with Gasteiger partial charge in [0.1, 0.15) is 11.6 Å². The molecule has 0 bridgehead atoms. The number of ether oxygens (including phenoxy) is 1. The van der Waals surface area contributed by atoms with Crippen molar-refractivity contribution < 1.29 is 13.2 Å². The summed E-state index contributed by atoms with van der Waals surface area (Å²) in [6.07, 6.45) is 1.11. The van der Waals surface area contributed by atoms with Crippen molar-refractivity contribution in [3.05, 3.63) is 66.0 Å². The van der Waals surface area contributed by atoms with Crippen molar-refractivity contribution in [2.45, 2.75) is 27.7 Å². The summed E-state index contributed by atoms with van der Waals surface area (Å²) in [5, 5.41) is 6.58. The molecule has 0 unspecified atom stereocenters. The Morgan fingerprint density at radius 3 is 2.25 bits per heavy atom. The normalized spacial score (nSPS) is 13.3. The highest BCUT2D eigenvalue weighted by molar-refractivity contribution is 7.92. The van der Waals surface area contributed by atoms with E-state index in [1.54, 1.807) is 12.1 Å². The van der Waals surface area contributed by atoms with Gasteiger partial charge in [-0.25, -0.2) is 18.4 Å². The number of anilines is 5. The van der Waals surface area contributed by atoms with Crippen LogP contribution < -0.4 is 29.5 Å². The number of piperazine rings is 1. The molecule has 1 fully saturated rings. The summed E-state index contributed by atoms with van der Waals surface area (Å²) in [6, 6.07) is 18.9. The van der Waals surface area contributed by atoms with Crippen molar-refractivity contribution in [1.29, 1.82) is 0 Å². The van der Waals surface area contributed by atoms with E-state index in [1.165, 1.54) is 11.3 Å². The van der Waals surface area contributed by atoms with Crippen molar-refractivity contribution in [3.8, 4) is 22.8 Å². The molecular weight excluding hydrogens is 665 g/mol. The highest BCUT2D eigenvalue weighted by atomic mass is 32.2. The second-order valence-electron chi connectivity index (χ2n) is 11.3. The van der Waals surface area contributed by atoms with E-state index in [9.17, 15) is 8.42 Å². The zero-order valence-corrected chi connectivity index (χ0v) is 30.6. The first kappa shape index (κ1) is 35.2. The quantitative estimate of drug-likeness (QED) is 0.147. The van der Waals surface area contributed by atoms with E-state index in [0.29, 0.717) is 27.4 Å². The maximum absolute atomic E-state index is 12.0. The van der Waals surface area contributed by atoms with Gasteiger partial charge in [0.2, 0.25) is 10.0 Å². The number of hydrogen-bond acceptors (Lipinski definition) is 10. The average Bonchev–Trinajstić information content (AvgIpc) is 3.55. The van der Waals surface area contributed by atoms with Crippen molar-refractivity contribution in [2.24, 2.45) is 0 Å². The van der Waals surface area contributed by atoms with E-state index in [2.05, 4.69) is 69.5 Å². The predicted molar refractivity (Wildman–Crippen MR) is 204 cm³/mol. The molecule has 1 saturated heterocycles. The van der Waals surface area contributed by atoms with Crippen LogP contribution in [-0.2, 0) is 10.0 Å². The van der Waals surface area contributed by atoms with Crippen molar-refractivity contribution in [2.75, 3.05) is 83.4 Å². The highest BCUT2D eigenvalue weighted by Gasteiger charge is 2.25. The van der Waals surface area contributed by atoms with Crippen LogP contribution in [0.4, 0.5) is 28.1 Å². The standard InChI is InChI=1S/C34H44N8O3S3/c1-6-39(7-2)29-17-18-31(40(8-3)9-4)36-32(29)41-19-21-42(22-20-41)34(46)37-33-35-28(24-47-33)25-15-16-27(38-48(5,43)44)30(23-25)45-26-13-11-10-12-14-26/h10-18,23-24,38H,6-9,19-22H2,1-5H3,(H,35,37,46). The average molecular weight is 709 g/mol. The van der Waals surface area contributed by atoms with Crippen molar-refractivity contribution in [1.82, 2.24) is 14.9 Å². The van der Waals surface area contributed by atoms with Crippen LogP contribution in [0.1, 0.15) is 27.7 Å². The molecule has 4 aromatic rings. The summed E-state index contributed by atoms with van der Waals surface area (Å²) >= 11 is 7.29. The number of thiazole rings is 1. The molecule has 0 aliphatic carbocycles. The molecule has 14 heteroatoms. The summed E-state index contributed by atoms with van der Waals surface area (Å²) in [5.74, 6) is 3.00. The number of rotatable bonds is 13. The molecule has 2 aromatic heterocycles. The summed E-state index contributed by atoms with van der Waals surface area (Å²) < 4.78 is 32.6. The van der Waals surface area contributed by atoms with Gasteiger partial charge in [0.05, 0.1) is 23.3 Å². The van der Waals surface area contributed by atoms with Crippen LogP contribution >= 0.6 is 23.6 Å². The van der Waals surface area contributed by atoms with Gasteiger partial charge in [-0.05, 0) is 76.3 Å². The molecule has 2 aromatic carbocycles. The molecule has 0 saturated carbocycles. The van der Waals surface area contributed by atoms with Crippen LogP contribution in [0.5, 0.6) is 11.5 Å². The zero-order valence-electron chi connectivity index (χ0n) is 28.1. The van der Waals surface area contributed by atoms with Gasteiger partial charge in [-0.3, -0.25) is 4.72 Å². The third-order valence-electron chi connectivity index (χ3n) is 8.16. The van der Waals surface area contributed by atoms with E-state index >= 15 is 0 Å². The Kier molecular flexibility index (Phi) is 11.6. The smallest absolute Gasteiger partial charge is 0.229 e. The van der Waals surface area contributed by atoms with E-state index < -0.39 is 10.0 Å². The molecule has 0 atom stereocenters. The minimum Gasteiger partial charge on any atom is -0.455 e. The van der Waals surface area contributed by atoms with Crippen molar-refractivity contribution >= 4 is 66.8 Å². The fourth-order valence-electron chi connectivity index (χ4n) is 5.62. The number of aromatic nitrogens is 2. The Morgan fingerprint density at radius 1 is 0.917 bits per heavy atom. The summed E-state index contributed by atoms with van der Waals surface area (Å²) in [6.45, 7) is 15.5. The van der Waals surface area contributed by atoms with E-state index in [0.717, 1.165) is 87.2 Å². The predicted octanol–water partition coefficient (Wildman–Crippen LogP) is 6.58. The Morgan fingerprint density at radius 2 is 1.60 bits per heavy atom. The number of pyridine rings is 1. The lowest BCUT2D eigenvalue weighted by Gasteiger charge is -2.38. The lowest BCUT2D eigenvalue weighted by atomic mass is 10.1. The van der Waals surface area contributed by atoms with Gasteiger partial charge in [-0.1, -0.05) is 24.3 Å². The molecular formula is C34H44N8O3S3. The Balaban J connectivity index is 1.27. The Bertz CT molecular complexity index is 1790. The number of para-hydroxylation sites is 1. The Hall–Kier alpha value is -4.14. The monoisotopic (exact) mass is 708 g/mol. The second-order valence-corrected chi connectivity index (χ2v) is 14.3. The van der Waals surface area contributed by atoms with Crippen molar-refractivity contribution in [3.63, 3.8) is 0 Å². The van der Waals surface area contributed by atoms with Gasteiger partial charge >= 0.3 is 0 Å². The van der Waals surface area contributed by atoms with Crippen LogP contribution in [0, 0.1) is 0 Å². The fraction of sp³-hybridized carbons (Fsp3) is 0.382. The van der Waals surface area contributed by atoms with E-state index in [4.69, 9.17) is 26.9 Å². The third-order valence-corrected chi connectivity index (χ3v) is 9.87. The zero-order chi connectivity index (χ0) is 34.3. The van der Waals surface area contributed by atoms with Crippen LogP contribution in [0.2, 0.25) is 0 Å². The van der Waals surface area contributed by atoms with Crippen LogP contribution in [0.25, 0.3) is 11.3 Å². The number of nitrogens with zero attached hydrogens (tertiary/aromatic N) is 6. The molecule has 11 nitrogen and oxygen atoms in total. The minimum absolute atomic E-state index is 0.346. The first-order valence-electron chi connectivity index (χ1n) is 16.2. The van der Waals surface area contributed by atoms with Crippen LogP contribution in [0.3, 0.4) is 0 Å². The lowest BCUT2D eigenvalue weighted by molar-refractivity contribution is 0.389. The number of benzene rings is 2. The first-order valence-corrected chi connectivity index (χ1v) is 19.4. The summed E-state index contributed by atoms with van der Waals surface area (Å²) in [4.78, 5) is 19.2. The largest absolute Gasteiger partial charge is 0.455 e. The van der Waals surface area contributed by atoms with Gasteiger partial charge in [-0.15, -0.1) is 11.3 Å². The fourth-order valence-corrected chi connectivity index (χ4v) is 7.25. The molecule has 0 radical (unpaired) electrons. The van der Waals surface area contributed by atoms with Gasteiger partial charge in [0.25, 0.3) is 0 Å². The molecule has 48 heavy (non-hydrogen) atoms. The molecule has 2 N–H and O–H groups in total. The molecule has 5 rings (SSSR count). The molecule has 256 valence electrons. The summed E-state index contributed by atoms with van der Waals surface area (Å²) in [7, 11) is -3.51.